The minimum atomic E-state index is -0.270. The van der Waals surface area contributed by atoms with Crippen LogP contribution in [-0.4, -0.2) is 33.1 Å². The number of hydrogen-bond donors (Lipinski definition) is 2. The number of carbonyl (C=O) groups excluding carboxylic acids is 1. The lowest BCUT2D eigenvalue weighted by atomic mass is 10.0. The van der Waals surface area contributed by atoms with E-state index in [1.807, 2.05) is 24.3 Å². The van der Waals surface area contributed by atoms with E-state index >= 15 is 0 Å². The number of amides is 1. The molecular formula is C11H11N5O2. The zero-order valence-corrected chi connectivity index (χ0v) is 9.46. The van der Waals surface area contributed by atoms with Crippen LogP contribution in [0.2, 0.25) is 0 Å². The van der Waals surface area contributed by atoms with Crippen LogP contribution in [0.1, 0.15) is 17.3 Å². The molecule has 0 radical (unpaired) electrons. The van der Waals surface area contributed by atoms with Gasteiger partial charge in [0.25, 0.3) is 0 Å². The SMILES string of the molecule is O=C(NCc1nn[nH]n1)C1COc2ccccc21. The van der Waals surface area contributed by atoms with Gasteiger partial charge in [-0.25, -0.2) is 0 Å². The third-order valence-corrected chi connectivity index (χ3v) is 2.83. The molecule has 2 heterocycles. The standard InChI is InChI=1S/C11H11N5O2/c17-11(12-5-10-13-15-16-14-10)8-6-18-9-4-2-1-3-7(8)9/h1-4,8H,5-6H2,(H,12,17)(H,13,14,15,16). The third-order valence-electron chi connectivity index (χ3n) is 2.83. The minimum Gasteiger partial charge on any atom is -0.492 e. The number of nitrogens with zero attached hydrogens (tertiary/aromatic N) is 3. The molecule has 1 aromatic heterocycles. The molecule has 1 amide bonds. The Bertz CT molecular complexity index is 554. The molecule has 2 N–H and O–H groups in total. The summed E-state index contributed by atoms with van der Waals surface area (Å²) in [6.07, 6.45) is 0. The molecular weight excluding hydrogens is 234 g/mol. The van der Waals surface area contributed by atoms with Gasteiger partial charge in [0.1, 0.15) is 18.3 Å². The van der Waals surface area contributed by atoms with E-state index in [0.717, 1.165) is 11.3 Å². The van der Waals surface area contributed by atoms with E-state index in [9.17, 15) is 4.79 Å². The molecule has 7 heteroatoms. The van der Waals surface area contributed by atoms with E-state index in [0.29, 0.717) is 12.4 Å². The van der Waals surface area contributed by atoms with Crippen molar-refractivity contribution in [2.75, 3.05) is 6.61 Å². The van der Waals surface area contributed by atoms with Gasteiger partial charge in [0.15, 0.2) is 5.82 Å². The summed E-state index contributed by atoms with van der Waals surface area (Å²) in [7, 11) is 0. The van der Waals surface area contributed by atoms with Crippen LogP contribution in [0.25, 0.3) is 0 Å². The number of para-hydroxylation sites is 1. The van der Waals surface area contributed by atoms with Crippen molar-refractivity contribution in [3.05, 3.63) is 35.7 Å². The quantitative estimate of drug-likeness (QED) is 0.793. The maximum atomic E-state index is 12.0. The summed E-state index contributed by atoms with van der Waals surface area (Å²) in [5, 5.41) is 16.0. The van der Waals surface area contributed by atoms with Crippen LogP contribution in [0.5, 0.6) is 5.75 Å². The van der Waals surface area contributed by atoms with Gasteiger partial charge in [0.05, 0.1) is 6.54 Å². The molecule has 7 nitrogen and oxygen atoms in total. The highest BCUT2D eigenvalue weighted by Crippen LogP contribution is 2.33. The molecule has 1 aromatic carbocycles. The highest BCUT2D eigenvalue weighted by atomic mass is 16.5. The number of carbonyl (C=O) groups is 1. The average Bonchev–Trinajstić information content (AvgIpc) is 3.05. The first-order chi connectivity index (χ1) is 8.84. The van der Waals surface area contributed by atoms with Crippen molar-refractivity contribution in [3.63, 3.8) is 0 Å². The zero-order chi connectivity index (χ0) is 12.4. The van der Waals surface area contributed by atoms with E-state index in [1.54, 1.807) is 0 Å². The van der Waals surface area contributed by atoms with Gasteiger partial charge >= 0.3 is 0 Å². The van der Waals surface area contributed by atoms with Crippen molar-refractivity contribution < 1.29 is 9.53 Å². The summed E-state index contributed by atoms with van der Waals surface area (Å²) in [4.78, 5) is 12.0. The van der Waals surface area contributed by atoms with E-state index < -0.39 is 0 Å². The van der Waals surface area contributed by atoms with E-state index in [1.165, 1.54) is 0 Å². The first-order valence-corrected chi connectivity index (χ1v) is 5.56. The monoisotopic (exact) mass is 245 g/mol. The van der Waals surface area contributed by atoms with Crippen LogP contribution in [0.3, 0.4) is 0 Å². The number of hydrogen-bond acceptors (Lipinski definition) is 5. The fourth-order valence-corrected chi connectivity index (χ4v) is 1.93. The van der Waals surface area contributed by atoms with Crippen molar-refractivity contribution in [1.29, 1.82) is 0 Å². The smallest absolute Gasteiger partial charge is 0.231 e. The van der Waals surface area contributed by atoms with Gasteiger partial charge in [0.2, 0.25) is 5.91 Å². The predicted molar refractivity (Wildman–Crippen MR) is 60.7 cm³/mol. The van der Waals surface area contributed by atoms with E-state index in [4.69, 9.17) is 4.74 Å². The molecule has 0 saturated carbocycles. The van der Waals surface area contributed by atoms with Gasteiger partial charge in [0, 0.05) is 5.56 Å². The van der Waals surface area contributed by atoms with Gasteiger partial charge in [-0.3, -0.25) is 4.79 Å². The number of aromatic amines is 1. The maximum absolute atomic E-state index is 12.0. The molecule has 1 aliphatic rings. The molecule has 3 rings (SSSR count). The maximum Gasteiger partial charge on any atom is 0.231 e. The Kier molecular flexibility index (Phi) is 2.64. The number of tetrazole rings is 1. The average molecular weight is 245 g/mol. The fourth-order valence-electron chi connectivity index (χ4n) is 1.93. The van der Waals surface area contributed by atoms with Crippen LogP contribution >= 0.6 is 0 Å². The number of H-pyrrole nitrogens is 1. The number of rotatable bonds is 3. The second kappa shape index (κ2) is 4.44. The first-order valence-electron chi connectivity index (χ1n) is 5.56. The molecule has 0 bridgehead atoms. The first kappa shape index (κ1) is 10.7. The molecule has 18 heavy (non-hydrogen) atoms. The van der Waals surface area contributed by atoms with Crippen molar-refractivity contribution in [1.82, 2.24) is 25.9 Å². The summed E-state index contributed by atoms with van der Waals surface area (Å²) >= 11 is 0. The molecule has 1 aliphatic heterocycles. The van der Waals surface area contributed by atoms with Crippen molar-refractivity contribution in [2.24, 2.45) is 0 Å². The van der Waals surface area contributed by atoms with Gasteiger partial charge in [-0.05, 0) is 6.07 Å². The van der Waals surface area contributed by atoms with Crippen LogP contribution in [0, 0.1) is 0 Å². The predicted octanol–water partition coefficient (Wildman–Crippen LogP) is -0.00790. The summed E-state index contributed by atoms with van der Waals surface area (Å²) in [6, 6.07) is 7.55. The second-order valence-electron chi connectivity index (χ2n) is 3.95. The fraction of sp³-hybridized carbons (Fsp3) is 0.273. The second-order valence-corrected chi connectivity index (χ2v) is 3.95. The lowest BCUT2D eigenvalue weighted by Crippen LogP contribution is -2.30. The number of aromatic nitrogens is 4. The van der Waals surface area contributed by atoms with Crippen LogP contribution < -0.4 is 10.1 Å². The molecule has 0 fully saturated rings. The number of ether oxygens (including phenoxy) is 1. The summed E-state index contributed by atoms with van der Waals surface area (Å²) in [5.41, 5.74) is 0.920. The van der Waals surface area contributed by atoms with Crippen molar-refractivity contribution >= 4 is 5.91 Å². The third kappa shape index (κ3) is 1.90. The number of nitrogens with one attached hydrogen (secondary N) is 2. The Morgan fingerprint density at radius 3 is 3.22 bits per heavy atom. The van der Waals surface area contributed by atoms with Gasteiger partial charge in [-0.1, -0.05) is 23.4 Å². The zero-order valence-electron chi connectivity index (χ0n) is 9.46. The minimum absolute atomic E-state index is 0.0928. The van der Waals surface area contributed by atoms with Crippen LogP contribution in [0.15, 0.2) is 24.3 Å². The Balaban J connectivity index is 1.67. The summed E-state index contributed by atoms with van der Waals surface area (Å²) < 4.78 is 5.46. The highest BCUT2D eigenvalue weighted by Gasteiger charge is 2.29. The van der Waals surface area contributed by atoms with E-state index in [2.05, 4.69) is 25.9 Å². The largest absolute Gasteiger partial charge is 0.492 e. The molecule has 2 aromatic rings. The van der Waals surface area contributed by atoms with Crippen molar-refractivity contribution in [2.45, 2.75) is 12.5 Å². The van der Waals surface area contributed by atoms with Gasteiger partial charge < -0.3 is 10.1 Å². The molecule has 0 saturated heterocycles. The van der Waals surface area contributed by atoms with Gasteiger partial charge in [-0.15, -0.1) is 10.2 Å². The number of fused-ring (bicyclic) bond motifs is 1. The van der Waals surface area contributed by atoms with Crippen molar-refractivity contribution in [3.8, 4) is 5.75 Å². The Morgan fingerprint density at radius 1 is 1.50 bits per heavy atom. The molecule has 92 valence electrons. The lowest BCUT2D eigenvalue weighted by Gasteiger charge is -2.08. The van der Waals surface area contributed by atoms with Gasteiger partial charge in [-0.2, -0.15) is 5.21 Å². The number of benzene rings is 1. The normalized spacial score (nSPS) is 17.0. The topological polar surface area (TPSA) is 92.8 Å². The Labute approximate surface area is 103 Å². The molecule has 0 aliphatic carbocycles. The highest BCUT2D eigenvalue weighted by molar-refractivity contribution is 5.85. The Hall–Kier alpha value is -2.44. The molecule has 1 atom stereocenters. The van der Waals surface area contributed by atoms with E-state index in [-0.39, 0.29) is 18.4 Å². The Morgan fingerprint density at radius 2 is 2.39 bits per heavy atom. The van der Waals surface area contributed by atoms with Crippen LogP contribution in [0.4, 0.5) is 0 Å². The summed E-state index contributed by atoms with van der Waals surface area (Å²) in [5.74, 6) is 0.866. The molecule has 1 unspecified atom stereocenters. The summed E-state index contributed by atoms with van der Waals surface area (Å²) in [6.45, 7) is 0.630. The van der Waals surface area contributed by atoms with Crippen LogP contribution in [-0.2, 0) is 11.3 Å². The molecule has 0 spiro atoms. The lowest BCUT2D eigenvalue weighted by molar-refractivity contribution is -0.122.